The van der Waals surface area contributed by atoms with E-state index in [0.29, 0.717) is 0 Å². The molecule has 0 aliphatic carbocycles. The summed E-state index contributed by atoms with van der Waals surface area (Å²) in [4.78, 5) is 11.2. The van der Waals surface area contributed by atoms with Crippen molar-refractivity contribution in [3.63, 3.8) is 0 Å². The molecule has 0 saturated carbocycles. The van der Waals surface area contributed by atoms with Crippen LogP contribution in [0.1, 0.15) is 25.7 Å². The SMILES string of the molecule is O=[N+]([O-])[C@@H]1[C@@H](O[C@H]2COC[C@@H](O)C2)O[C@@H](CO)C[C@H]1O[C@@H]1C[C@H](O)CC(CO)O1. The molecule has 0 aromatic heterocycles. The molecule has 0 bridgehead atoms. The first kappa shape index (κ1) is 22.7. The lowest BCUT2D eigenvalue weighted by Gasteiger charge is -2.41. The Morgan fingerprint density at radius 2 is 1.66 bits per heavy atom. The van der Waals surface area contributed by atoms with Crippen LogP contribution in [0.2, 0.25) is 0 Å². The van der Waals surface area contributed by atoms with E-state index in [2.05, 4.69) is 0 Å². The molecule has 3 saturated heterocycles. The Morgan fingerprint density at radius 1 is 0.931 bits per heavy atom. The summed E-state index contributed by atoms with van der Waals surface area (Å²) in [5.41, 5.74) is 0. The van der Waals surface area contributed by atoms with E-state index in [1.807, 2.05) is 0 Å². The standard InChI is InChI=1S/C17H29NO11/c19-5-11-1-9(21)3-15(26-11)29-14-4-12(6-20)27-17(16(14)18(23)24)28-13-2-10(22)7-25-8-13/h9-17,19-22H,1-8H2/t9-,10+,11?,12-,13-,14-,15-,16+,17-/m1/s1. The number of aliphatic hydroxyl groups excluding tert-OH is 4. The summed E-state index contributed by atoms with van der Waals surface area (Å²) in [6, 6.07) is -1.41. The van der Waals surface area contributed by atoms with Crippen LogP contribution in [0.3, 0.4) is 0 Å². The minimum atomic E-state index is -1.41. The third-order valence-electron chi connectivity index (χ3n) is 5.28. The second kappa shape index (κ2) is 10.4. The van der Waals surface area contributed by atoms with Crippen molar-refractivity contribution in [1.29, 1.82) is 0 Å². The summed E-state index contributed by atoms with van der Waals surface area (Å²) < 4.78 is 27.9. The van der Waals surface area contributed by atoms with Crippen molar-refractivity contribution in [2.45, 2.75) is 80.9 Å². The highest BCUT2D eigenvalue weighted by Crippen LogP contribution is 2.31. The number of hydrogen-bond acceptors (Lipinski definition) is 11. The average Bonchev–Trinajstić information content (AvgIpc) is 2.66. The summed E-state index contributed by atoms with van der Waals surface area (Å²) in [5.74, 6) is 0. The van der Waals surface area contributed by atoms with Crippen molar-refractivity contribution in [2.75, 3.05) is 26.4 Å². The smallest absolute Gasteiger partial charge is 0.288 e. The maximum Gasteiger partial charge on any atom is 0.288 e. The number of ether oxygens (including phenoxy) is 5. The third-order valence-corrected chi connectivity index (χ3v) is 5.28. The molecule has 3 heterocycles. The molecule has 12 heteroatoms. The van der Waals surface area contributed by atoms with Crippen molar-refractivity contribution in [3.05, 3.63) is 10.1 Å². The second-order valence-corrected chi connectivity index (χ2v) is 7.68. The van der Waals surface area contributed by atoms with Crippen molar-refractivity contribution < 1.29 is 49.0 Å². The molecule has 12 nitrogen and oxygen atoms in total. The van der Waals surface area contributed by atoms with Crippen LogP contribution in [0.4, 0.5) is 0 Å². The van der Waals surface area contributed by atoms with Gasteiger partial charge in [0.2, 0.25) is 6.29 Å². The molecular weight excluding hydrogens is 394 g/mol. The van der Waals surface area contributed by atoms with Crippen LogP contribution < -0.4 is 0 Å². The van der Waals surface area contributed by atoms with Crippen LogP contribution in [0, 0.1) is 10.1 Å². The van der Waals surface area contributed by atoms with Crippen LogP contribution in [0.15, 0.2) is 0 Å². The fraction of sp³-hybridized carbons (Fsp3) is 1.00. The van der Waals surface area contributed by atoms with E-state index >= 15 is 0 Å². The van der Waals surface area contributed by atoms with E-state index in [9.17, 15) is 30.5 Å². The van der Waals surface area contributed by atoms with Crippen LogP contribution in [-0.4, -0.2) is 107 Å². The number of nitro groups is 1. The maximum absolute atomic E-state index is 11.8. The Morgan fingerprint density at radius 3 is 2.31 bits per heavy atom. The highest BCUT2D eigenvalue weighted by Gasteiger charge is 2.50. The molecular formula is C17H29NO11. The Bertz CT molecular complexity index is 538. The largest absolute Gasteiger partial charge is 0.394 e. The molecule has 9 atom stereocenters. The van der Waals surface area contributed by atoms with E-state index in [1.165, 1.54) is 0 Å². The predicted octanol–water partition coefficient (Wildman–Crippen LogP) is -1.85. The van der Waals surface area contributed by atoms with Gasteiger partial charge in [0.05, 0.1) is 56.9 Å². The lowest BCUT2D eigenvalue weighted by molar-refractivity contribution is -0.575. The number of nitrogens with zero attached hydrogens (tertiary/aromatic N) is 1. The molecule has 3 rings (SSSR count). The zero-order valence-electron chi connectivity index (χ0n) is 15.9. The first-order chi connectivity index (χ1) is 13.9. The van der Waals surface area contributed by atoms with Crippen molar-refractivity contribution in [3.8, 4) is 0 Å². The van der Waals surface area contributed by atoms with E-state index in [-0.39, 0.29) is 52.1 Å². The van der Waals surface area contributed by atoms with Crippen molar-refractivity contribution in [1.82, 2.24) is 0 Å². The molecule has 1 unspecified atom stereocenters. The van der Waals surface area contributed by atoms with Crippen LogP contribution in [0.5, 0.6) is 0 Å². The molecule has 0 aromatic rings. The minimum absolute atomic E-state index is 0.0333. The number of aliphatic hydroxyl groups is 4. The van der Waals surface area contributed by atoms with Gasteiger partial charge in [-0.15, -0.1) is 0 Å². The Labute approximate surface area is 167 Å². The maximum atomic E-state index is 11.8. The molecule has 0 amide bonds. The first-order valence-corrected chi connectivity index (χ1v) is 9.80. The van der Waals surface area contributed by atoms with Crippen LogP contribution in [0.25, 0.3) is 0 Å². The summed E-state index contributed by atoms with van der Waals surface area (Å²) in [6.07, 6.45) is -6.11. The van der Waals surface area contributed by atoms with Gasteiger partial charge in [0.1, 0.15) is 6.10 Å². The van der Waals surface area contributed by atoms with E-state index < -0.39 is 60.2 Å². The summed E-state index contributed by atoms with van der Waals surface area (Å²) in [6.45, 7) is -0.366. The van der Waals surface area contributed by atoms with Crippen molar-refractivity contribution >= 4 is 0 Å². The molecule has 0 radical (unpaired) electrons. The zero-order valence-corrected chi connectivity index (χ0v) is 15.9. The van der Waals surface area contributed by atoms with E-state index in [4.69, 9.17) is 23.7 Å². The number of rotatable bonds is 7. The first-order valence-electron chi connectivity index (χ1n) is 9.80. The predicted molar refractivity (Wildman–Crippen MR) is 93.3 cm³/mol. The quantitative estimate of drug-likeness (QED) is 0.268. The van der Waals surface area contributed by atoms with Crippen molar-refractivity contribution in [2.24, 2.45) is 0 Å². The zero-order chi connectivity index (χ0) is 21.0. The summed E-state index contributed by atoms with van der Waals surface area (Å²) in [5, 5.41) is 50.3. The van der Waals surface area contributed by atoms with Gasteiger partial charge in [0.15, 0.2) is 6.29 Å². The summed E-state index contributed by atoms with van der Waals surface area (Å²) in [7, 11) is 0. The van der Waals surface area contributed by atoms with E-state index in [1.54, 1.807) is 0 Å². The van der Waals surface area contributed by atoms with Gasteiger partial charge in [-0.05, 0) is 0 Å². The van der Waals surface area contributed by atoms with Gasteiger partial charge in [0, 0.05) is 30.6 Å². The minimum Gasteiger partial charge on any atom is -0.394 e. The Hall–Kier alpha value is -0.960. The van der Waals surface area contributed by atoms with Gasteiger partial charge in [0.25, 0.3) is 6.04 Å². The molecule has 29 heavy (non-hydrogen) atoms. The summed E-state index contributed by atoms with van der Waals surface area (Å²) >= 11 is 0. The van der Waals surface area contributed by atoms with Crippen LogP contribution in [-0.2, 0) is 23.7 Å². The Balaban J connectivity index is 1.70. The van der Waals surface area contributed by atoms with Gasteiger partial charge in [-0.25, -0.2) is 0 Å². The molecule has 4 N–H and O–H groups in total. The van der Waals surface area contributed by atoms with Crippen LogP contribution >= 0.6 is 0 Å². The van der Waals surface area contributed by atoms with Gasteiger partial charge in [-0.2, -0.15) is 0 Å². The molecule has 0 spiro atoms. The fourth-order valence-electron chi connectivity index (χ4n) is 3.91. The molecule has 3 aliphatic rings. The second-order valence-electron chi connectivity index (χ2n) is 7.68. The Kier molecular flexibility index (Phi) is 8.13. The van der Waals surface area contributed by atoms with E-state index in [0.717, 1.165) is 0 Å². The third kappa shape index (κ3) is 6.03. The monoisotopic (exact) mass is 423 g/mol. The highest BCUT2D eigenvalue weighted by atomic mass is 16.7. The topological polar surface area (TPSA) is 170 Å². The lowest BCUT2D eigenvalue weighted by Crippen LogP contribution is -2.57. The molecule has 3 aliphatic heterocycles. The average molecular weight is 423 g/mol. The lowest BCUT2D eigenvalue weighted by atomic mass is 9.99. The number of hydrogen-bond donors (Lipinski definition) is 4. The highest BCUT2D eigenvalue weighted by molar-refractivity contribution is 4.86. The fourth-order valence-corrected chi connectivity index (χ4v) is 3.91. The molecule has 168 valence electrons. The molecule has 3 fully saturated rings. The van der Waals surface area contributed by atoms with Gasteiger partial charge >= 0.3 is 0 Å². The van der Waals surface area contributed by atoms with Gasteiger partial charge in [-0.3, -0.25) is 10.1 Å². The van der Waals surface area contributed by atoms with Gasteiger partial charge in [-0.1, -0.05) is 0 Å². The van der Waals surface area contributed by atoms with Gasteiger partial charge < -0.3 is 44.1 Å². The normalized spacial score (nSPS) is 43.8. The molecule has 0 aromatic carbocycles.